The van der Waals surface area contributed by atoms with E-state index in [-0.39, 0.29) is 17.7 Å². The topological polar surface area (TPSA) is 228 Å². The number of hydrogen-bond acceptors (Lipinski definition) is 8. The van der Waals surface area contributed by atoms with Crippen molar-refractivity contribution < 1.29 is 19.2 Å². The minimum atomic E-state index is -1.04. The molecule has 32 heavy (non-hydrogen) atoms. The van der Waals surface area contributed by atoms with Crippen molar-refractivity contribution in [2.75, 3.05) is 13.1 Å². The number of nitrogens with two attached hydrogens (primary N) is 3. The molecule has 0 saturated carbocycles. The van der Waals surface area contributed by atoms with Crippen molar-refractivity contribution in [3.63, 3.8) is 0 Å². The number of hydrogen-bond donors (Lipinski definition) is 6. The predicted molar refractivity (Wildman–Crippen MR) is 112 cm³/mol. The molecule has 3 atom stereocenters. The minimum Gasteiger partial charge on any atom is -0.480 e. The fourth-order valence-electron chi connectivity index (χ4n) is 3.52. The lowest BCUT2D eigenvalue weighted by atomic mass is 10.1. The molecule has 0 bridgehead atoms. The van der Waals surface area contributed by atoms with Gasteiger partial charge in [0.15, 0.2) is 11.8 Å². The lowest BCUT2D eigenvalue weighted by Crippen LogP contribution is -2.47. The highest BCUT2D eigenvalue weighted by Crippen LogP contribution is 2.22. The van der Waals surface area contributed by atoms with E-state index in [9.17, 15) is 14.7 Å². The summed E-state index contributed by atoms with van der Waals surface area (Å²) in [5, 5.41) is 16.1. The molecule has 2 aromatic rings. The number of nitrogens with zero attached hydrogens (tertiary/aromatic N) is 5. The number of imidazole rings is 1. The number of likely N-dealkylation sites (tertiary alicyclic amines) is 1. The third kappa shape index (κ3) is 5.94. The Labute approximate surface area is 183 Å². The normalized spacial score (nSPS) is 17.7. The van der Waals surface area contributed by atoms with Gasteiger partial charge in [-0.05, 0) is 25.7 Å². The number of rotatable bonds is 10. The van der Waals surface area contributed by atoms with E-state index in [1.807, 2.05) is 0 Å². The molecule has 3 rings (SSSR count). The summed E-state index contributed by atoms with van der Waals surface area (Å²) < 4.78 is 5.38. The number of amides is 2. The Hall–Kier alpha value is -3.68. The number of nitrogens with one attached hydrogen (secondary N) is 2. The molecule has 1 aliphatic rings. The number of aromatic nitrogens is 4. The molecule has 0 spiro atoms. The summed E-state index contributed by atoms with van der Waals surface area (Å²) >= 11 is 0. The third-order valence-corrected chi connectivity index (χ3v) is 5.12. The number of H-pyrrole nitrogens is 1. The molecule has 0 aromatic carbocycles. The first kappa shape index (κ1) is 23.0. The first-order chi connectivity index (χ1) is 15.3. The first-order valence-corrected chi connectivity index (χ1v) is 10.3. The molecule has 2 amide bonds. The summed E-state index contributed by atoms with van der Waals surface area (Å²) in [5.74, 6) is -0.615. The fraction of sp³-hybridized carbons (Fsp3) is 0.556. The van der Waals surface area contributed by atoms with Crippen LogP contribution in [0.3, 0.4) is 0 Å². The Morgan fingerprint density at radius 3 is 2.94 bits per heavy atom. The molecule has 0 radical (unpaired) electrons. The number of carboxylic acids is 1. The van der Waals surface area contributed by atoms with Crippen LogP contribution in [0.4, 0.5) is 4.79 Å². The smallest absolute Gasteiger partial charge is 0.326 e. The van der Waals surface area contributed by atoms with E-state index in [2.05, 4.69) is 30.4 Å². The Balaban J connectivity index is 1.70. The van der Waals surface area contributed by atoms with Gasteiger partial charge in [-0.3, -0.25) is 4.99 Å². The van der Waals surface area contributed by atoms with Crippen molar-refractivity contribution >= 4 is 18.0 Å². The van der Waals surface area contributed by atoms with E-state index in [1.54, 1.807) is 12.5 Å². The second kappa shape index (κ2) is 10.6. The monoisotopic (exact) mass is 448 g/mol. The van der Waals surface area contributed by atoms with Crippen molar-refractivity contribution in [2.24, 2.45) is 22.2 Å². The molecule has 0 aliphatic carbocycles. The van der Waals surface area contributed by atoms with Crippen LogP contribution in [0.5, 0.6) is 0 Å². The van der Waals surface area contributed by atoms with E-state index in [0.29, 0.717) is 45.2 Å². The Morgan fingerprint density at radius 1 is 1.44 bits per heavy atom. The second-order valence-electron chi connectivity index (χ2n) is 7.52. The van der Waals surface area contributed by atoms with Crippen LogP contribution in [-0.2, 0) is 11.2 Å². The second-order valence-corrected chi connectivity index (χ2v) is 7.52. The zero-order valence-electron chi connectivity index (χ0n) is 17.5. The van der Waals surface area contributed by atoms with E-state index < -0.39 is 30.1 Å². The Morgan fingerprint density at radius 2 is 2.25 bits per heavy atom. The van der Waals surface area contributed by atoms with Gasteiger partial charge in [0, 0.05) is 31.4 Å². The maximum Gasteiger partial charge on any atom is 0.326 e. The van der Waals surface area contributed by atoms with E-state index in [0.717, 1.165) is 5.69 Å². The SMILES string of the molecule is NC(N)=NCCC[C@H](NC(=O)N1CCC[C@@H]1C(=O)O)c1nc([C@@H](N)Cc2cnc[nH]2)no1. The van der Waals surface area contributed by atoms with Crippen LogP contribution in [0.2, 0.25) is 0 Å². The van der Waals surface area contributed by atoms with Gasteiger partial charge in [0.25, 0.3) is 0 Å². The summed E-state index contributed by atoms with van der Waals surface area (Å²) in [4.78, 5) is 40.7. The lowest BCUT2D eigenvalue weighted by Gasteiger charge is -2.24. The molecule has 1 saturated heterocycles. The van der Waals surface area contributed by atoms with Crippen LogP contribution in [0.15, 0.2) is 22.0 Å². The number of guanidine groups is 1. The van der Waals surface area contributed by atoms with Crippen molar-refractivity contribution in [1.82, 2.24) is 30.3 Å². The zero-order valence-corrected chi connectivity index (χ0v) is 17.5. The quantitative estimate of drug-likeness (QED) is 0.153. The number of aromatic amines is 1. The summed E-state index contributed by atoms with van der Waals surface area (Å²) in [5.41, 5.74) is 17.7. The lowest BCUT2D eigenvalue weighted by molar-refractivity contribution is -0.141. The average molecular weight is 448 g/mol. The van der Waals surface area contributed by atoms with Gasteiger partial charge >= 0.3 is 12.0 Å². The van der Waals surface area contributed by atoms with Crippen LogP contribution < -0.4 is 22.5 Å². The highest BCUT2D eigenvalue weighted by atomic mass is 16.5. The number of carbonyl (C=O) groups is 2. The average Bonchev–Trinajstić information content (AvgIpc) is 3.51. The van der Waals surface area contributed by atoms with E-state index in [4.69, 9.17) is 21.7 Å². The van der Waals surface area contributed by atoms with Gasteiger partial charge in [0.1, 0.15) is 12.1 Å². The highest BCUT2D eigenvalue weighted by Gasteiger charge is 2.35. The van der Waals surface area contributed by atoms with Crippen LogP contribution >= 0.6 is 0 Å². The maximum atomic E-state index is 12.8. The van der Waals surface area contributed by atoms with Crippen molar-refractivity contribution in [3.05, 3.63) is 29.9 Å². The van der Waals surface area contributed by atoms with Crippen LogP contribution in [-0.4, -0.2) is 67.2 Å². The van der Waals surface area contributed by atoms with Crippen LogP contribution in [0, 0.1) is 0 Å². The largest absolute Gasteiger partial charge is 0.480 e. The summed E-state index contributed by atoms with van der Waals surface area (Å²) in [6.07, 6.45) is 5.57. The molecule has 9 N–H and O–H groups in total. The van der Waals surface area contributed by atoms with Gasteiger partial charge in [0.2, 0.25) is 5.89 Å². The number of aliphatic imine (C=N–C) groups is 1. The number of aliphatic carboxylic acids is 1. The molecule has 1 aliphatic heterocycles. The van der Waals surface area contributed by atoms with Gasteiger partial charge in [-0.2, -0.15) is 4.98 Å². The van der Waals surface area contributed by atoms with Gasteiger partial charge < -0.3 is 42.0 Å². The molecule has 1 fully saturated rings. The molecule has 174 valence electrons. The maximum absolute atomic E-state index is 12.8. The standard InChI is InChI=1S/C18H28N10O4/c19-11(7-10-8-22-9-24-10)14-26-15(32-27-14)12(3-1-5-23-17(20)21)25-18(31)28-6-2-4-13(28)16(29)30/h8-9,11-13H,1-7,19H2,(H,22,24)(H,25,31)(H,29,30)(H4,20,21,23)/t11-,12-,13+/m0/s1. The molecular formula is C18H28N10O4. The Bertz CT molecular complexity index is 924. The molecule has 14 nitrogen and oxygen atoms in total. The summed E-state index contributed by atoms with van der Waals surface area (Å²) in [7, 11) is 0. The predicted octanol–water partition coefficient (Wildman–Crippen LogP) is -0.611. The molecular weight excluding hydrogens is 420 g/mol. The van der Waals surface area contributed by atoms with Crippen molar-refractivity contribution in [1.29, 1.82) is 0 Å². The van der Waals surface area contributed by atoms with Gasteiger partial charge in [0.05, 0.1) is 12.4 Å². The fourth-order valence-corrected chi connectivity index (χ4v) is 3.52. The van der Waals surface area contributed by atoms with Crippen molar-refractivity contribution in [2.45, 2.75) is 50.2 Å². The molecule has 3 heterocycles. The number of carboxylic acid groups (broad SMARTS) is 1. The first-order valence-electron chi connectivity index (χ1n) is 10.3. The van der Waals surface area contributed by atoms with Gasteiger partial charge in [-0.15, -0.1) is 0 Å². The number of carbonyl (C=O) groups excluding carboxylic acids is 1. The zero-order chi connectivity index (χ0) is 23.1. The Kier molecular flexibility index (Phi) is 7.59. The molecule has 0 unspecified atom stereocenters. The van der Waals surface area contributed by atoms with Gasteiger partial charge in [-0.1, -0.05) is 5.16 Å². The molecule has 2 aromatic heterocycles. The van der Waals surface area contributed by atoms with Gasteiger partial charge in [-0.25, -0.2) is 14.6 Å². The minimum absolute atomic E-state index is 0.0307. The van der Waals surface area contributed by atoms with E-state index >= 15 is 0 Å². The van der Waals surface area contributed by atoms with Crippen molar-refractivity contribution in [3.8, 4) is 0 Å². The van der Waals surface area contributed by atoms with E-state index in [1.165, 1.54) is 4.90 Å². The summed E-state index contributed by atoms with van der Waals surface area (Å²) in [6.45, 7) is 0.699. The van der Waals surface area contributed by atoms with Crippen LogP contribution in [0.25, 0.3) is 0 Å². The summed E-state index contributed by atoms with van der Waals surface area (Å²) in [6, 6.07) is -2.57. The number of urea groups is 1. The van der Waals surface area contributed by atoms with Crippen LogP contribution in [0.1, 0.15) is 55.2 Å². The third-order valence-electron chi connectivity index (χ3n) is 5.12. The molecule has 14 heteroatoms. The highest BCUT2D eigenvalue weighted by molar-refractivity contribution is 5.83.